The SMILES string of the molecule is C.C.C.C.C.CC(C)C1CCN(C(=O)OC2(C(F)(F)F)CC2)CC1.CC(C)C1CCN(C(=O)OC2(C(F)(F)F)CCC2)CC1.CC(C)C1CCN(C(=O)OC2(C(F)(F)F)CCCC2)CC1.CC(C)C1CCN(C(=O)OC2(C(F)(F)F)CCCCC2)CC1. The summed E-state index contributed by atoms with van der Waals surface area (Å²) in [5, 5.41) is 0. The van der Waals surface area contributed by atoms with E-state index in [-0.39, 0.29) is 88.5 Å². The number of alkyl halides is 12. The van der Waals surface area contributed by atoms with Crippen molar-refractivity contribution in [3.8, 4) is 0 Å². The molecule has 8 fully saturated rings. The number of rotatable bonds is 8. The molecule has 4 amide bonds. The second-order valence-corrected chi connectivity index (χ2v) is 25.8. The third-order valence-electron chi connectivity index (χ3n) is 19.1. The number of carbonyl (C=O) groups is 4. The van der Waals surface area contributed by atoms with Crippen LogP contribution in [-0.4, -0.2) is 143 Å². The van der Waals surface area contributed by atoms with E-state index in [2.05, 4.69) is 55.4 Å². The van der Waals surface area contributed by atoms with Crippen LogP contribution in [-0.2, 0) is 18.9 Å². The second kappa shape index (κ2) is 34.1. The van der Waals surface area contributed by atoms with E-state index >= 15 is 0 Å². The molecule has 0 unspecified atom stereocenters. The summed E-state index contributed by atoms with van der Waals surface area (Å²) in [5.41, 5.74) is -8.94. The van der Waals surface area contributed by atoms with Crippen LogP contribution in [0.3, 0.4) is 0 Å². The Bertz CT molecular complexity index is 2020. The molecule has 516 valence electrons. The molecule has 0 aromatic heterocycles. The Morgan fingerprint density at radius 1 is 0.299 bits per heavy atom. The van der Waals surface area contributed by atoms with E-state index in [0.29, 0.717) is 132 Å². The fourth-order valence-electron chi connectivity index (χ4n) is 12.4. The summed E-state index contributed by atoms with van der Waals surface area (Å²) in [7, 11) is 0. The number of carbonyl (C=O) groups excluding carboxylic acids is 4. The standard InChI is InChI=1S/C16H26F3NO2.C15H24F3NO2.C14H22F3NO2.C13H20F3NO2.5CH4/c1-12(2)13-6-10-20(11-7-13)14(21)22-15(16(17,18)19)8-4-3-5-9-15;1-11(2)12-5-9-19(10-6-12)13(20)21-14(15(16,17)18)7-3-4-8-14;1-10(2)11-4-8-18(9-5-11)12(19)20-13(6-3-7-13)14(15,16)17;1-9(2)10-3-7-17(8-4-10)11(18)19-12(5-6-12)13(14,15)16;;;;;/h12-13H,3-11H2,1-2H3;11-12H,3-10H2,1-2H3;10-11H,3-9H2,1-2H3;9-10H,3-8H2,1-2H3;5*1H4. The summed E-state index contributed by atoms with van der Waals surface area (Å²) in [4.78, 5) is 53.7. The van der Waals surface area contributed by atoms with Crippen molar-refractivity contribution < 1.29 is 90.8 Å². The molecule has 8 aliphatic rings. The molecule has 0 spiro atoms. The minimum Gasteiger partial charge on any atom is -0.433 e. The van der Waals surface area contributed by atoms with Crippen LogP contribution in [0.25, 0.3) is 0 Å². The van der Waals surface area contributed by atoms with Crippen molar-refractivity contribution in [2.45, 2.75) is 281 Å². The smallest absolute Gasteiger partial charge is 0.428 e. The molecular weight excluding hydrogens is 1170 g/mol. The van der Waals surface area contributed by atoms with Crippen molar-refractivity contribution in [1.82, 2.24) is 19.6 Å². The minimum absolute atomic E-state index is 0. The van der Waals surface area contributed by atoms with Gasteiger partial charge in [-0.2, -0.15) is 52.7 Å². The second-order valence-electron chi connectivity index (χ2n) is 25.8. The summed E-state index contributed by atoms with van der Waals surface area (Å²) < 4.78 is 176. The van der Waals surface area contributed by atoms with Gasteiger partial charge in [0.05, 0.1) is 0 Å². The molecule has 4 heterocycles. The van der Waals surface area contributed by atoms with Gasteiger partial charge in [-0.1, -0.05) is 98.9 Å². The van der Waals surface area contributed by atoms with Gasteiger partial charge in [-0.05, 0) is 169 Å². The van der Waals surface area contributed by atoms with E-state index in [4.69, 9.17) is 18.9 Å². The van der Waals surface area contributed by atoms with E-state index in [0.717, 1.165) is 57.8 Å². The number of piperidine rings is 4. The zero-order valence-corrected chi connectivity index (χ0v) is 49.4. The Kier molecular flexibility index (Phi) is 32.6. The maximum absolute atomic E-state index is 13.4. The van der Waals surface area contributed by atoms with Crippen LogP contribution in [0.4, 0.5) is 71.9 Å². The first-order valence-electron chi connectivity index (χ1n) is 30.2. The first-order valence-corrected chi connectivity index (χ1v) is 30.2. The highest BCUT2D eigenvalue weighted by Gasteiger charge is 2.68. The Morgan fingerprint density at radius 3 is 0.598 bits per heavy atom. The molecule has 0 aromatic rings. The Morgan fingerprint density at radius 2 is 0.460 bits per heavy atom. The van der Waals surface area contributed by atoms with Crippen molar-refractivity contribution in [1.29, 1.82) is 0 Å². The van der Waals surface area contributed by atoms with Gasteiger partial charge in [-0.15, -0.1) is 0 Å². The number of hydrogen-bond donors (Lipinski definition) is 0. The average Bonchev–Trinajstić information content (AvgIpc) is 1.97. The maximum Gasteiger partial charge on any atom is 0.428 e. The normalized spacial score (nSPS) is 22.3. The largest absolute Gasteiger partial charge is 0.433 e. The molecule has 4 aliphatic heterocycles. The van der Waals surface area contributed by atoms with Gasteiger partial charge in [-0.3, -0.25) is 0 Å². The van der Waals surface area contributed by atoms with Crippen molar-refractivity contribution in [3.63, 3.8) is 0 Å². The van der Waals surface area contributed by atoms with Crippen LogP contribution in [0, 0.1) is 47.3 Å². The van der Waals surface area contributed by atoms with Crippen molar-refractivity contribution >= 4 is 24.4 Å². The molecule has 0 atom stereocenters. The predicted molar refractivity (Wildman–Crippen MR) is 316 cm³/mol. The topological polar surface area (TPSA) is 118 Å². The fourth-order valence-corrected chi connectivity index (χ4v) is 12.4. The fraction of sp³-hybridized carbons (Fsp3) is 0.937. The van der Waals surface area contributed by atoms with E-state index in [9.17, 15) is 71.9 Å². The lowest BCUT2D eigenvalue weighted by Crippen LogP contribution is -2.56. The highest BCUT2D eigenvalue weighted by atomic mass is 19.4. The Balaban J connectivity index is 0.00000111. The third kappa shape index (κ3) is 21.7. The number of ether oxygens (including phenoxy) is 4. The quantitative estimate of drug-likeness (QED) is 0.174. The summed E-state index contributed by atoms with van der Waals surface area (Å²) in [6.45, 7) is 21.0. The first-order chi connectivity index (χ1) is 38.0. The van der Waals surface area contributed by atoms with Gasteiger partial charge in [0.2, 0.25) is 22.4 Å². The van der Waals surface area contributed by atoms with Crippen molar-refractivity contribution in [3.05, 3.63) is 0 Å². The molecule has 0 aromatic carbocycles. The van der Waals surface area contributed by atoms with E-state index < -0.39 is 71.5 Å². The Labute approximate surface area is 513 Å². The molecule has 87 heavy (non-hydrogen) atoms. The zero-order valence-electron chi connectivity index (χ0n) is 49.4. The molecule has 4 saturated heterocycles. The van der Waals surface area contributed by atoms with Gasteiger partial charge in [0, 0.05) is 65.2 Å². The lowest BCUT2D eigenvalue weighted by atomic mass is 9.79. The zero-order chi connectivity index (χ0) is 61.3. The van der Waals surface area contributed by atoms with Gasteiger partial charge in [0.25, 0.3) is 0 Å². The predicted octanol–water partition coefficient (Wildman–Crippen LogP) is 19.9. The molecule has 0 bridgehead atoms. The first kappa shape index (κ1) is 83.2. The van der Waals surface area contributed by atoms with Crippen LogP contribution in [0.5, 0.6) is 0 Å². The number of nitrogens with zero attached hydrogens (tertiary/aromatic N) is 4. The van der Waals surface area contributed by atoms with Gasteiger partial charge in [0.1, 0.15) is 0 Å². The lowest BCUT2D eigenvalue weighted by molar-refractivity contribution is -0.286. The number of hydrogen-bond acceptors (Lipinski definition) is 8. The number of amides is 4. The van der Waals surface area contributed by atoms with Crippen molar-refractivity contribution in [2.24, 2.45) is 47.3 Å². The Hall–Kier alpha value is -3.76. The van der Waals surface area contributed by atoms with Crippen LogP contribution in [0.1, 0.15) is 234 Å². The summed E-state index contributed by atoms with van der Waals surface area (Å²) in [6.07, 6.45) is -12.1. The summed E-state index contributed by atoms with van der Waals surface area (Å²) >= 11 is 0. The van der Waals surface area contributed by atoms with Gasteiger partial charge < -0.3 is 38.5 Å². The molecule has 4 saturated carbocycles. The maximum atomic E-state index is 13.4. The van der Waals surface area contributed by atoms with Gasteiger partial charge >= 0.3 is 49.1 Å². The molecule has 4 aliphatic carbocycles. The average molecular weight is 1280 g/mol. The summed E-state index contributed by atoms with van der Waals surface area (Å²) in [6, 6.07) is 0. The molecule has 0 N–H and O–H groups in total. The van der Waals surface area contributed by atoms with Crippen molar-refractivity contribution in [2.75, 3.05) is 52.4 Å². The third-order valence-corrected chi connectivity index (χ3v) is 19.1. The monoisotopic (exact) mass is 1280 g/mol. The minimum atomic E-state index is -4.49. The van der Waals surface area contributed by atoms with E-state index in [1.54, 1.807) is 0 Å². The highest BCUT2D eigenvalue weighted by molar-refractivity contribution is 5.70. The van der Waals surface area contributed by atoms with Crippen LogP contribution in [0.15, 0.2) is 0 Å². The molecular formula is C63H112F12N4O8. The van der Waals surface area contributed by atoms with Gasteiger partial charge in [0.15, 0.2) is 0 Å². The van der Waals surface area contributed by atoms with Crippen LogP contribution >= 0.6 is 0 Å². The van der Waals surface area contributed by atoms with Crippen LogP contribution in [0.2, 0.25) is 0 Å². The summed E-state index contributed by atoms with van der Waals surface area (Å²) in [5.74, 6) is 4.33. The number of likely N-dealkylation sites (tertiary alicyclic amines) is 4. The molecule has 8 rings (SSSR count). The van der Waals surface area contributed by atoms with Crippen LogP contribution < -0.4 is 0 Å². The molecule has 0 radical (unpaired) electrons. The van der Waals surface area contributed by atoms with E-state index in [1.807, 2.05) is 0 Å². The number of halogens is 12. The molecule has 24 heteroatoms. The van der Waals surface area contributed by atoms with Gasteiger partial charge in [-0.25, -0.2) is 19.2 Å². The lowest BCUT2D eigenvalue weighted by Gasteiger charge is -2.43. The van der Waals surface area contributed by atoms with E-state index in [1.165, 1.54) is 19.6 Å². The molecule has 12 nitrogen and oxygen atoms in total. The highest BCUT2D eigenvalue weighted by Crippen LogP contribution is 2.53.